The van der Waals surface area contributed by atoms with Crippen molar-refractivity contribution in [1.82, 2.24) is 9.97 Å². The number of nitrogens with one attached hydrogen (secondary N) is 1. The Labute approximate surface area is 104 Å². The number of nitrogens with zero attached hydrogens (tertiary/aromatic N) is 2. The van der Waals surface area contributed by atoms with Gasteiger partial charge in [-0.15, -0.1) is 0 Å². The fraction of sp³-hybridized carbons (Fsp3) is 0.692. The quantitative estimate of drug-likeness (QED) is 0.792. The lowest BCUT2D eigenvalue weighted by Crippen LogP contribution is -2.11. The third-order valence-electron chi connectivity index (χ3n) is 2.67. The summed E-state index contributed by atoms with van der Waals surface area (Å²) in [4.78, 5) is 8.37. The van der Waals surface area contributed by atoms with Crippen LogP contribution in [0.4, 0.5) is 5.82 Å². The standard InChI is InChI=1S/C13H23N3O/c1-5-7-10(3)8-17-13-11(4)12(14-6-2)15-9-16-13/h9-10H,5-8H2,1-4H3,(H,14,15,16). The summed E-state index contributed by atoms with van der Waals surface area (Å²) in [5, 5.41) is 3.20. The fourth-order valence-corrected chi connectivity index (χ4v) is 1.72. The predicted octanol–water partition coefficient (Wildman–Crippen LogP) is 3.03. The molecule has 1 heterocycles. The highest BCUT2D eigenvalue weighted by Gasteiger charge is 2.09. The minimum atomic E-state index is 0.567. The first kappa shape index (κ1) is 13.7. The molecule has 0 bridgehead atoms. The van der Waals surface area contributed by atoms with Gasteiger partial charge < -0.3 is 10.1 Å². The zero-order chi connectivity index (χ0) is 12.7. The van der Waals surface area contributed by atoms with Crippen molar-refractivity contribution in [3.05, 3.63) is 11.9 Å². The maximum Gasteiger partial charge on any atom is 0.221 e. The first-order valence-corrected chi connectivity index (χ1v) is 6.37. The molecule has 1 N–H and O–H groups in total. The summed E-state index contributed by atoms with van der Waals surface area (Å²) in [6, 6.07) is 0. The molecule has 0 amide bonds. The van der Waals surface area contributed by atoms with Gasteiger partial charge in [0.05, 0.1) is 12.2 Å². The highest BCUT2D eigenvalue weighted by Crippen LogP contribution is 2.21. The number of ether oxygens (including phenoxy) is 1. The molecule has 1 atom stereocenters. The van der Waals surface area contributed by atoms with E-state index in [4.69, 9.17) is 4.74 Å². The van der Waals surface area contributed by atoms with Crippen molar-refractivity contribution in [3.63, 3.8) is 0 Å². The number of hydrogen-bond donors (Lipinski definition) is 1. The van der Waals surface area contributed by atoms with Crippen LogP contribution in [0.1, 0.15) is 39.2 Å². The Balaban J connectivity index is 2.61. The van der Waals surface area contributed by atoms with E-state index in [0.717, 1.165) is 24.5 Å². The van der Waals surface area contributed by atoms with E-state index in [9.17, 15) is 0 Å². The molecule has 17 heavy (non-hydrogen) atoms. The zero-order valence-electron chi connectivity index (χ0n) is 11.3. The van der Waals surface area contributed by atoms with E-state index in [1.807, 2.05) is 13.8 Å². The molecular formula is C13H23N3O. The molecule has 0 aliphatic rings. The second-order valence-corrected chi connectivity index (χ2v) is 4.39. The third kappa shape index (κ3) is 4.21. The van der Waals surface area contributed by atoms with Gasteiger partial charge in [-0.1, -0.05) is 20.3 Å². The second-order valence-electron chi connectivity index (χ2n) is 4.39. The lowest BCUT2D eigenvalue weighted by molar-refractivity contribution is 0.241. The molecule has 0 aromatic carbocycles. The van der Waals surface area contributed by atoms with Gasteiger partial charge in [-0.2, -0.15) is 0 Å². The van der Waals surface area contributed by atoms with Gasteiger partial charge in [-0.3, -0.25) is 0 Å². The highest BCUT2D eigenvalue weighted by atomic mass is 16.5. The van der Waals surface area contributed by atoms with Crippen LogP contribution >= 0.6 is 0 Å². The number of anilines is 1. The van der Waals surface area contributed by atoms with E-state index >= 15 is 0 Å². The number of aromatic nitrogens is 2. The summed E-state index contributed by atoms with van der Waals surface area (Å²) < 4.78 is 5.75. The summed E-state index contributed by atoms with van der Waals surface area (Å²) in [5.41, 5.74) is 0.984. The van der Waals surface area contributed by atoms with Crippen LogP contribution in [0.3, 0.4) is 0 Å². The van der Waals surface area contributed by atoms with E-state index in [2.05, 4.69) is 29.1 Å². The van der Waals surface area contributed by atoms with E-state index in [1.54, 1.807) is 6.33 Å². The molecule has 1 unspecified atom stereocenters. The van der Waals surface area contributed by atoms with Gasteiger partial charge in [0.2, 0.25) is 5.88 Å². The Bertz CT molecular complexity index is 341. The maximum absolute atomic E-state index is 5.75. The normalized spacial score (nSPS) is 12.2. The molecule has 96 valence electrons. The molecule has 0 saturated heterocycles. The van der Waals surface area contributed by atoms with Crippen LogP contribution in [0.15, 0.2) is 6.33 Å². The Hall–Kier alpha value is -1.32. The van der Waals surface area contributed by atoms with Gasteiger partial charge in [-0.25, -0.2) is 9.97 Å². The summed E-state index contributed by atoms with van der Waals surface area (Å²) >= 11 is 0. The largest absolute Gasteiger partial charge is 0.477 e. The molecule has 0 aliphatic carbocycles. The van der Waals surface area contributed by atoms with Crippen LogP contribution in [0.25, 0.3) is 0 Å². The monoisotopic (exact) mass is 237 g/mol. The van der Waals surface area contributed by atoms with Crippen LogP contribution < -0.4 is 10.1 Å². The van der Waals surface area contributed by atoms with Crippen molar-refractivity contribution in [2.45, 2.75) is 40.5 Å². The average Bonchev–Trinajstić information content (AvgIpc) is 2.31. The predicted molar refractivity (Wildman–Crippen MR) is 70.5 cm³/mol. The number of hydrogen-bond acceptors (Lipinski definition) is 4. The molecule has 4 nitrogen and oxygen atoms in total. The Morgan fingerprint density at radius 2 is 2.12 bits per heavy atom. The van der Waals surface area contributed by atoms with Gasteiger partial charge >= 0.3 is 0 Å². The van der Waals surface area contributed by atoms with Crippen molar-refractivity contribution in [1.29, 1.82) is 0 Å². The summed E-state index contributed by atoms with van der Waals surface area (Å²) in [7, 11) is 0. The first-order valence-electron chi connectivity index (χ1n) is 6.37. The van der Waals surface area contributed by atoms with Crippen molar-refractivity contribution in [2.75, 3.05) is 18.5 Å². The first-order chi connectivity index (χ1) is 8.19. The minimum absolute atomic E-state index is 0.567. The lowest BCUT2D eigenvalue weighted by Gasteiger charge is -2.14. The molecule has 0 saturated carbocycles. The van der Waals surface area contributed by atoms with Crippen molar-refractivity contribution >= 4 is 5.82 Å². The molecule has 1 aromatic rings. The van der Waals surface area contributed by atoms with Gasteiger partial charge in [0, 0.05) is 6.54 Å². The van der Waals surface area contributed by atoms with Crippen molar-refractivity contribution in [2.24, 2.45) is 5.92 Å². The van der Waals surface area contributed by atoms with Crippen LogP contribution in [-0.2, 0) is 0 Å². The van der Waals surface area contributed by atoms with E-state index in [1.165, 1.54) is 12.8 Å². The third-order valence-corrected chi connectivity index (χ3v) is 2.67. The van der Waals surface area contributed by atoms with Crippen LogP contribution in [0.2, 0.25) is 0 Å². The van der Waals surface area contributed by atoms with Gasteiger partial charge in [0.15, 0.2) is 0 Å². The molecule has 1 aromatic heterocycles. The molecule has 1 rings (SSSR count). The molecule has 4 heteroatoms. The van der Waals surface area contributed by atoms with Gasteiger partial charge in [0.1, 0.15) is 12.1 Å². The molecule has 0 spiro atoms. The van der Waals surface area contributed by atoms with Crippen LogP contribution in [0.5, 0.6) is 5.88 Å². The number of rotatable bonds is 7. The fourth-order valence-electron chi connectivity index (χ4n) is 1.72. The Morgan fingerprint density at radius 1 is 1.35 bits per heavy atom. The molecule has 0 fully saturated rings. The van der Waals surface area contributed by atoms with E-state index in [-0.39, 0.29) is 0 Å². The second kappa shape index (κ2) is 7.09. The van der Waals surface area contributed by atoms with Gasteiger partial charge in [-0.05, 0) is 26.2 Å². The summed E-state index contributed by atoms with van der Waals surface area (Å²) in [6.07, 6.45) is 3.92. The highest BCUT2D eigenvalue weighted by molar-refractivity contribution is 5.47. The topological polar surface area (TPSA) is 47.0 Å². The average molecular weight is 237 g/mol. The SMILES string of the molecule is CCCC(C)COc1ncnc(NCC)c1C. The van der Waals surface area contributed by atoms with Crippen LogP contribution in [-0.4, -0.2) is 23.1 Å². The zero-order valence-corrected chi connectivity index (χ0v) is 11.3. The summed E-state index contributed by atoms with van der Waals surface area (Å²) in [5.74, 6) is 2.12. The molecular weight excluding hydrogens is 214 g/mol. The van der Waals surface area contributed by atoms with Gasteiger partial charge in [0.25, 0.3) is 0 Å². The molecule has 0 radical (unpaired) electrons. The van der Waals surface area contributed by atoms with Crippen LogP contribution in [0, 0.1) is 12.8 Å². The summed E-state index contributed by atoms with van der Waals surface area (Å²) in [6.45, 7) is 9.99. The lowest BCUT2D eigenvalue weighted by atomic mass is 10.1. The van der Waals surface area contributed by atoms with Crippen molar-refractivity contribution in [3.8, 4) is 5.88 Å². The Morgan fingerprint density at radius 3 is 2.76 bits per heavy atom. The Kier molecular flexibility index (Phi) is 5.73. The van der Waals surface area contributed by atoms with E-state index < -0.39 is 0 Å². The smallest absolute Gasteiger partial charge is 0.221 e. The molecule has 0 aliphatic heterocycles. The van der Waals surface area contributed by atoms with Crippen molar-refractivity contribution < 1.29 is 4.74 Å². The van der Waals surface area contributed by atoms with E-state index in [0.29, 0.717) is 11.8 Å². The minimum Gasteiger partial charge on any atom is -0.477 e. The maximum atomic E-state index is 5.75.